The van der Waals surface area contributed by atoms with Gasteiger partial charge in [-0.3, -0.25) is 4.79 Å². The molecule has 2 atom stereocenters. The van der Waals surface area contributed by atoms with Crippen LogP contribution in [0.25, 0.3) is 0 Å². The van der Waals surface area contributed by atoms with Crippen LogP contribution in [0.15, 0.2) is 0 Å². The summed E-state index contributed by atoms with van der Waals surface area (Å²) < 4.78 is 10.9. The van der Waals surface area contributed by atoms with Gasteiger partial charge in [0.15, 0.2) is 0 Å². The van der Waals surface area contributed by atoms with E-state index in [1.807, 2.05) is 6.92 Å². The van der Waals surface area contributed by atoms with Crippen LogP contribution < -0.4 is 0 Å². The molecule has 1 heterocycles. The van der Waals surface area contributed by atoms with E-state index in [9.17, 15) is 4.79 Å². The van der Waals surface area contributed by atoms with Crippen molar-refractivity contribution in [2.45, 2.75) is 110 Å². The first-order chi connectivity index (χ1) is 10.7. The third-order valence-electron chi connectivity index (χ3n) is 4.57. The maximum Gasteiger partial charge on any atom is 0.306 e. The molecular weight excluding hydrogens is 276 g/mol. The molecule has 1 fully saturated rings. The Labute approximate surface area is 137 Å². The lowest BCUT2D eigenvalue weighted by Gasteiger charge is -2.15. The zero-order valence-electron chi connectivity index (χ0n) is 14.8. The minimum Gasteiger partial charge on any atom is -0.460 e. The Kier molecular flexibility index (Phi) is 11.4. The molecule has 1 saturated heterocycles. The van der Waals surface area contributed by atoms with E-state index in [1.165, 1.54) is 57.8 Å². The molecule has 2 unspecified atom stereocenters. The number of esters is 1. The first-order valence-corrected chi connectivity index (χ1v) is 9.55. The molecule has 0 bridgehead atoms. The number of ether oxygens (including phenoxy) is 2. The fraction of sp³-hybridized carbons (Fsp3) is 0.947. The van der Waals surface area contributed by atoms with Crippen LogP contribution in [0.4, 0.5) is 0 Å². The summed E-state index contributed by atoms with van der Waals surface area (Å²) in [5.41, 5.74) is 0. The number of hydrogen-bond acceptors (Lipinski definition) is 3. The summed E-state index contributed by atoms with van der Waals surface area (Å²) in [4.78, 5) is 11.7. The average molecular weight is 312 g/mol. The molecule has 0 aromatic heterocycles. The van der Waals surface area contributed by atoms with Crippen molar-refractivity contribution in [1.82, 2.24) is 0 Å². The minimum atomic E-state index is -0.0433. The lowest BCUT2D eigenvalue weighted by atomic mass is 10.1. The molecule has 3 nitrogen and oxygen atoms in total. The van der Waals surface area contributed by atoms with Crippen molar-refractivity contribution in [2.75, 3.05) is 6.61 Å². The fourth-order valence-corrected chi connectivity index (χ4v) is 3.03. The molecule has 1 aliphatic heterocycles. The van der Waals surface area contributed by atoms with Gasteiger partial charge in [0.2, 0.25) is 0 Å². The number of carbonyl (C=O) groups excluding carboxylic acids is 1. The Balaban J connectivity index is 1.82. The van der Waals surface area contributed by atoms with Gasteiger partial charge in [-0.2, -0.15) is 0 Å². The fourth-order valence-electron chi connectivity index (χ4n) is 3.03. The molecule has 1 aliphatic rings. The summed E-state index contributed by atoms with van der Waals surface area (Å²) >= 11 is 0. The molecule has 22 heavy (non-hydrogen) atoms. The van der Waals surface area contributed by atoms with Crippen molar-refractivity contribution in [3.63, 3.8) is 0 Å². The second kappa shape index (κ2) is 12.9. The van der Waals surface area contributed by atoms with Crippen molar-refractivity contribution >= 4 is 5.97 Å². The molecule has 0 spiro atoms. The van der Waals surface area contributed by atoms with Crippen molar-refractivity contribution < 1.29 is 14.3 Å². The van der Waals surface area contributed by atoms with Crippen LogP contribution in [0, 0.1) is 0 Å². The van der Waals surface area contributed by atoms with Crippen LogP contribution in [-0.4, -0.2) is 24.8 Å². The van der Waals surface area contributed by atoms with E-state index in [4.69, 9.17) is 9.47 Å². The highest BCUT2D eigenvalue weighted by Crippen LogP contribution is 2.18. The van der Waals surface area contributed by atoms with Gasteiger partial charge in [-0.05, 0) is 13.3 Å². The van der Waals surface area contributed by atoms with Gasteiger partial charge >= 0.3 is 5.97 Å². The average Bonchev–Trinajstić information content (AvgIpc) is 2.90. The first-order valence-electron chi connectivity index (χ1n) is 9.55. The minimum absolute atomic E-state index is 0.0137. The van der Waals surface area contributed by atoms with Gasteiger partial charge in [-0.15, -0.1) is 0 Å². The second-order valence-electron chi connectivity index (χ2n) is 6.68. The van der Waals surface area contributed by atoms with Crippen LogP contribution >= 0.6 is 0 Å². The highest BCUT2D eigenvalue weighted by atomic mass is 16.6. The van der Waals surface area contributed by atoms with Crippen molar-refractivity contribution in [3.8, 4) is 0 Å². The summed E-state index contributed by atoms with van der Waals surface area (Å²) in [5, 5.41) is 0. The van der Waals surface area contributed by atoms with Crippen LogP contribution in [0.5, 0.6) is 0 Å². The van der Waals surface area contributed by atoms with E-state index < -0.39 is 0 Å². The zero-order chi connectivity index (χ0) is 16.0. The van der Waals surface area contributed by atoms with Crippen molar-refractivity contribution in [1.29, 1.82) is 0 Å². The van der Waals surface area contributed by atoms with E-state index in [1.54, 1.807) is 0 Å². The SMILES string of the molecule is CCCCCCCCCCCCCC(=O)OC1CCOC1C. The van der Waals surface area contributed by atoms with Gasteiger partial charge in [0.1, 0.15) is 6.10 Å². The normalized spacial score (nSPS) is 21.2. The smallest absolute Gasteiger partial charge is 0.306 e. The van der Waals surface area contributed by atoms with E-state index in [0.29, 0.717) is 6.42 Å². The van der Waals surface area contributed by atoms with Gasteiger partial charge in [0.05, 0.1) is 12.7 Å². The number of rotatable bonds is 13. The first kappa shape index (κ1) is 19.5. The quantitative estimate of drug-likeness (QED) is 0.337. The predicted octanol–water partition coefficient (Wildman–Crippen LogP) is 5.41. The van der Waals surface area contributed by atoms with Gasteiger partial charge in [0, 0.05) is 12.8 Å². The molecule has 0 saturated carbocycles. The third-order valence-corrected chi connectivity index (χ3v) is 4.57. The Bertz CT molecular complexity index is 278. The third kappa shape index (κ3) is 9.45. The molecule has 0 aromatic carbocycles. The Morgan fingerprint density at radius 3 is 2.00 bits per heavy atom. The van der Waals surface area contributed by atoms with Crippen LogP contribution in [0.3, 0.4) is 0 Å². The van der Waals surface area contributed by atoms with Gasteiger partial charge < -0.3 is 9.47 Å². The monoisotopic (exact) mass is 312 g/mol. The molecule has 130 valence electrons. The summed E-state index contributed by atoms with van der Waals surface area (Å²) in [5.74, 6) is -0.0433. The summed E-state index contributed by atoms with van der Waals surface area (Å²) in [7, 11) is 0. The maximum atomic E-state index is 11.7. The second-order valence-corrected chi connectivity index (χ2v) is 6.68. The highest BCUT2D eigenvalue weighted by molar-refractivity contribution is 5.69. The van der Waals surface area contributed by atoms with Gasteiger partial charge in [-0.1, -0.05) is 71.1 Å². The number of unbranched alkanes of at least 4 members (excludes halogenated alkanes) is 10. The molecule has 0 aliphatic carbocycles. The zero-order valence-corrected chi connectivity index (χ0v) is 14.8. The lowest BCUT2D eigenvalue weighted by Crippen LogP contribution is -2.24. The van der Waals surface area contributed by atoms with E-state index >= 15 is 0 Å². The summed E-state index contributed by atoms with van der Waals surface area (Å²) in [6.07, 6.45) is 15.8. The van der Waals surface area contributed by atoms with Crippen LogP contribution in [-0.2, 0) is 14.3 Å². The van der Waals surface area contributed by atoms with Crippen molar-refractivity contribution in [3.05, 3.63) is 0 Å². The van der Waals surface area contributed by atoms with E-state index in [2.05, 4.69) is 6.92 Å². The van der Waals surface area contributed by atoms with Crippen molar-refractivity contribution in [2.24, 2.45) is 0 Å². The van der Waals surface area contributed by atoms with E-state index in [0.717, 1.165) is 25.9 Å². The van der Waals surface area contributed by atoms with Gasteiger partial charge in [-0.25, -0.2) is 0 Å². The van der Waals surface area contributed by atoms with Crippen LogP contribution in [0.1, 0.15) is 97.3 Å². The lowest BCUT2D eigenvalue weighted by molar-refractivity contribution is -0.151. The summed E-state index contributed by atoms with van der Waals surface area (Å²) in [6, 6.07) is 0. The van der Waals surface area contributed by atoms with Gasteiger partial charge in [0.25, 0.3) is 0 Å². The molecule has 0 aromatic rings. The molecule has 0 amide bonds. The predicted molar refractivity (Wildman–Crippen MR) is 91.0 cm³/mol. The maximum absolute atomic E-state index is 11.7. The molecule has 3 heteroatoms. The molecule has 0 N–H and O–H groups in total. The Hall–Kier alpha value is -0.570. The highest BCUT2D eigenvalue weighted by Gasteiger charge is 2.27. The molecular formula is C19H36O3. The topological polar surface area (TPSA) is 35.5 Å². The Morgan fingerprint density at radius 1 is 0.955 bits per heavy atom. The van der Waals surface area contributed by atoms with E-state index in [-0.39, 0.29) is 18.2 Å². The largest absolute Gasteiger partial charge is 0.460 e. The van der Waals surface area contributed by atoms with Crippen LogP contribution in [0.2, 0.25) is 0 Å². The Morgan fingerprint density at radius 2 is 1.50 bits per heavy atom. The molecule has 0 radical (unpaired) electrons. The molecule has 1 rings (SSSR count). The standard InChI is InChI=1S/C19H36O3/c1-3-4-5-6-7-8-9-10-11-12-13-14-19(20)22-18-15-16-21-17(18)2/h17-18H,3-16H2,1-2H3. The number of hydrogen-bond donors (Lipinski definition) is 0. The summed E-state index contributed by atoms with van der Waals surface area (Å²) in [6.45, 7) is 4.96. The number of carbonyl (C=O) groups is 1.